The van der Waals surface area contributed by atoms with Crippen molar-refractivity contribution in [2.45, 2.75) is 50.7 Å². The van der Waals surface area contributed by atoms with Crippen LogP contribution in [-0.2, 0) is 38.9 Å². The Hall–Kier alpha value is -2.88. The molecule has 0 N–H and O–H groups in total. The highest BCUT2D eigenvalue weighted by atomic mass is 19.4. The van der Waals surface area contributed by atoms with Crippen LogP contribution in [0.1, 0.15) is 32.8 Å². The van der Waals surface area contributed by atoms with Crippen LogP contribution < -0.4 is 0 Å². The molecule has 0 aliphatic carbocycles. The molecule has 0 saturated heterocycles. The van der Waals surface area contributed by atoms with Gasteiger partial charge in [-0.25, -0.2) is 9.59 Å². The van der Waals surface area contributed by atoms with Crippen molar-refractivity contribution in [2.75, 3.05) is 13.7 Å². The van der Waals surface area contributed by atoms with E-state index in [1.165, 1.54) is 45.0 Å². The lowest BCUT2D eigenvalue weighted by Gasteiger charge is -2.33. The topological polar surface area (TPSA) is 88.1 Å². The minimum atomic E-state index is -5.25. The Morgan fingerprint density at radius 1 is 1.10 bits per heavy atom. The van der Waals surface area contributed by atoms with Crippen LogP contribution in [-0.4, -0.2) is 49.5 Å². The van der Waals surface area contributed by atoms with E-state index in [1.54, 1.807) is 0 Å². The van der Waals surface area contributed by atoms with E-state index < -0.39 is 53.4 Å². The van der Waals surface area contributed by atoms with Gasteiger partial charge in [-0.05, 0) is 20.8 Å². The van der Waals surface area contributed by atoms with Crippen molar-refractivity contribution in [3.63, 3.8) is 0 Å². The van der Waals surface area contributed by atoms with Gasteiger partial charge in [-0.2, -0.15) is 13.2 Å². The number of carbonyl (C=O) groups is 3. The van der Waals surface area contributed by atoms with Gasteiger partial charge in [0.25, 0.3) is 5.60 Å². The number of carbonyl (C=O) groups excluding carboxylic acids is 3. The predicted octanol–water partition coefficient (Wildman–Crippen LogP) is 3.46. The fourth-order valence-electron chi connectivity index (χ4n) is 2.50. The summed E-state index contributed by atoms with van der Waals surface area (Å²) in [6.45, 7) is 7.64. The Balaban J connectivity index is 3.32. The van der Waals surface area contributed by atoms with Crippen molar-refractivity contribution in [2.24, 2.45) is 0 Å². The molecule has 0 radical (unpaired) electrons. The molecule has 0 aromatic heterocycles. The van der Waals surface area contributed by atoms with Gasteiger partial charge in [0, 0.05) is 12.7 Å². The third kappa shape index (κ3) is 6.81. The molecule has 172 valence electrons. The summed E-state index contributed by atoms with van der Waals surface area (Å²) >= 11 is 0. The molecule has 1 rings (SSSR count). The quantitative estimate of drug-likeness (QED) is 0.326. The number of hydrogen-bond acceptors (Lipinski definition) is 7. The van der Waals surface area contributed by atoms with Gasteiger partial charge in [-0.3, -0.25) is 4.79 Å². The van der Waals surface area contributed by atoms with E-state index in [-0.39, 0.29) is 6.61 Å². The lowest BCUT2D eigenvalue weighted by molar-refractivity contribution is -0.278. The summed E-state index contributed by atoms with van der Waals surface area (Å²) in [4.78, 5) is 37.2. The SMILES string of the molecule is C=CCOC(=O)C[C@H](OC(=O)[C@@](OC)(c1ccccc1)C(F)(F)F)C(=O)OC(C)(C)C. The highest BCUT2D eigenvalue weighted by molar-refractivity contribution is 5.88. The van der Waals surface area contributed by atoms with E-state index in [1.807, 2.05) is 0 Å². The second kappa shape index (κ2) is 10.4. The van der Waals surface area contributed by atoms with E-state index in [0.29, 0.717) is 7.11 Å². The Kier molecular flexibility index (Phi) is 8.80. The predicted molar refractivity (Wildman–Crippen MR) is 103 cm³/mol. The number of ether oxygens (including phenoxy) is 4. The summed E-state index contributed by atoms with van der Waals surface area (Å²) in [5, 5.41) is 0. The summed E-state index contributed by atoms with van der Waals surface area (Å²) < 4.78 is 61.4. The summed E-state index contributed by atoms with van der Waals surface area (Å²) in [6, 6.07) is 6.06. The molecule has 0 amide bonds. The molecule has 0 aliphatic rings. The molecule has 0 heterocycles. The summed E-state index contributed by atoms with van der Waals surface area (Å²) in [5.41, 5.74) is -5.15. The molecule has 1 aromatic rings. The van der Waals surface area contributed by atoms with Crippen LogP contribution in [0.2, 0.25) is 0 Å². The lowest BCUT2D eigenvalue weighted by atomic mass is 9.92. The van der Waals surface area contributed by atoms with Gasteiger partial charge >= 0.3 is 24.1 Å². The zero-order chi connectivity index (χ0) is 23.9. The third-order valence-electron chi connectivity index (χ3n) is 3.81. The van der Waals surface area contributed by atoms with E-state index >= 15 is 0 Å². The first-order valence-electron chi connectivity index (χ1n) is 9.16. The minimum Gasteiger partial charge on any atom is -0.461 e. The fourth-order valence-corrected chi connectivity index (χ4v) is 2.50. The molecule has 2 atom stereocenters. The van der Waals surface area contributed by atoms with Gasteiger partial charge in [-0.15, -0.1) is 0 Å². The molecule has 0 saturated carbocycles. The average Bonchev–Trinajstić information content (AvgIpc) is 2.65. The smallest absolute Gasteiger partial charge is 0.432 e. The Morgan fingerprint density at radius 2 is 1.68 bits per heavy atom. The van der Waals surface area contributed by atoms with E-state index in [9.17, 15) is 27.6 Å². The molecule has 0 unspecified atom stereocenters. The van der Waals surface area contributed by atoms with Crippen LogP contribution in [0, 0.1) is 0 Å². The number of methoxy groups -OCH3 is 1. The van der Waals surface area contributed by atoms with Crippen LogP contribution in [0.25, 0.3) is 0 Å². The van der Waals surface area contributed by atoms with Crippen LogP contribution in [0.5, 0.6) is 0 Å². The first-order chi connectivity index (χ1) is 14.3. The number of esters is 3. The molecular formula is C21H25F3O7. The average molecular weight is 446 g/mol. The Morgan fingerprint density at radius 3 is 2.13 bits per heavy atom. The van der Waals surface area contributed by atoms with Crippen LogP contribution in [0.4, 0.5) is 13.2 Å². The van der Waals surface area contributed by atoms with Crippen molar-refractivity contribution in [1.82, 2.24) is 0 Å². The zero-order valence-corrected chi connectivity index (χ0v) is 17.7. The lowest BCUT2D eigenvalue weighted by Crippen LogP contribution is -2.53. The molecule has 31 heavy (non-hydrogen) atoms. The molecule has 7 nitrogen and oxygen atoms in total. The van der Waals surface area contributed by atoms with E-state index in [0.717, 1.165) is 12.1 Å². The van der Waals surface area contributed by atoms with Gasteiger partial charge in [0.2, 0.25) is 6.10 Å². The number of hydrogen-bond donors (Lipinski definition) is 0. The van der Waals surface area contributed by atoms with Crippen molar-refractivity contribution >= 4 is 17.9 Å². The largest absolute Gasteiger partial charge is 0.461 e. The summed E-state index contributed by atoms with van der Waals surface area (Å²) in [6.07, 6.45) is -6.85. The van der Waals surface area contributed by atoms with Gasteiger partial charge in [0.05, 0.1) is 6.42 Å². The first-order valence-corrected chi connectivity index (χ1v) is 9.16. The first kappa shape index (κ1) is 26.2. The summed E-state index contributed by atoms with van der Waals surface area (Å²) in [7, 11) is 0.683. The van der Waals surface area contributed by atoms with Crippen molar-refractivity contribution in [3.05, 3.63) is 48.6 Å². The van der Waals surface area contributed by atoms with Gasteiger partial charge in [0.15, 0.2) is 0 Å². The number of alkyl halides is 3. The van der Waals surface area contributed by atoms with Crippen LogP contribution in [0.3, 0.4) is 0 Å². The molecule has 0 aliphatic heterocycles. The standard InChI is InChI=1S/C21H25F3O7/c1-6-12-29-16(25)13-15(17(26)31-19(2,3)4)30-18(27)20(28-5,21(22,23)24)14-10-8-7-9-11-14/h6-11,15H,1,12-13H2,2-5H3/t15-,20-/m0/s1. The van der Waals surface area contributed by atoms with Gasteiger partial charge in [0.1, 0.15) is 12.2 Å². The monoisotopic (exact) mass is 446 g/mol. The number of rotatable bonds is 9. The number of benzene rings is 1. The maximum Gasteiger partial charge on any atom is 0.432 e. The summed E-state index contributed by atoms with van der Waals surface area (Å²) in [5.74, 6) is -4.14. The van der Waals surface area contributed by atoms with Gasteiger partial charge in [-0.1, -0.05) is 43.0 Å². The zero-order valence-electron chi connectivity index (χ0n) is 17.7. The normalized spacial score (nSPS) is 14.7. The second-order valence-corrected chi connectivity index (χ2v) is 7.35. The number of halogens is 3. The highest BCUT2D eigenvalue weighted by Gasteiger charge is 2.64. The minimum absolute atomic E-state index is 0.206. The van der Waals surface area contributed by atoms with Gasteiger partial charge < -0.3 is 18.9 Å². The van der Waals surface area contributed by atoms with Crippen LogP contribution >= 0.6 is 0 Å². The molecular weight excluding hydrogens is 421 g/mol. The van der Waals surface area contributed by atoms with Crippen LogP contribution in [0.15, 0.2) is 43.0 Å². The fraction of sp³-hybridized carbons (Fsp3) is 0.476. The van der Waals surface area contributed by atoms with Crippen molar-refractivity contribution in [3.8, 4) is 0 Å². The maximum absolute atomic E-state index is 14.0. The van der Waals surface area contributed by atoms with Crippen molar-refractivity contribution < 1.29 is 46.5 Å². The Bertz CT molecular complexity index is 784. The highest BCUT2D eigenvalue weighted by Crippen LogP contribution is 2.43. The Labute approximate surface area is 178 Å². The maximum atomic E-state index is 14.0. The van der Waals surface area contributed by atoms with Crippen molar-refractivity contribution in [1.29, 1.82) is 0 Å². The molecule has 0 spiro atoms. The van der Waals surface area contributed by atoms with E-state index in [2.05, 4.69) is 11.3 Å². The molecule has 10 heteroatoms. The molecule has 0 fully saturated rings. The molecule has 0 bridgehead atoms. The molecule has 1 aromatic carbocycles. The second-order valence-electron chi connectivity index (χ2n) is 7.35. The van der Waals surface area contributed by atoms with E-state index in [4.69, 9.17) is 14.2 Å². The third-order valence-corrected chi connectivity index (χ3v) is 3.81.